The quantitative estimate of drug-likeness (QED) is 0.518. The fraction of sp³-hybridized carbons (Fsp3) is 0.667. The molecule has 0 unspecified atom stereocenters. The van der Waals surface area contributed by atoms with Crippen molar-refractivity contribution < 1.29 is 5.11 Å². The highest BCUT2D eigenvalue weighted by molar-refractivity contribution is 6.01. The van der Waals surface area contributed by atoms with Crippen molar-refractivity contribution in [1.29, 1.82) is 5.41 Å². The molecule has 0 atom stereocenters. The molecule has 1 heterocycles. The fourth-order valence-corrected chi connectivity index (χ4v) is 2.91. The van der Waals surface area contributed by atoms with Crippen molar-refractivity contribution in [3.8, 4) is 0 Å². The van der Waals surface area contributed by atoms with Crippen molar-refractivity contribution in [2.24, 2.45) is 5.73 Å². The summed E-state index contributed by atoms with van der Waals surface area (Å²) >= 11 is 0. The summed E-state index contributed by atoms with van der Waals surface area (Å²) in [6.45, 7) is 4.65. The van der Waals surface area contributed by atoms with Crippen molar-refractivity contribution in [2.45, 2.75) is 52.0 Å². The van der Waals surface area contributed by atoms with Crippen LogP contribution < -0.4 is 10.6 Å². The minimum absolute atomic E-state index is 0.0358. The summed E-state index contributed by atoms with van der Waals surface area (Å²) in [4.78, 5) is 2.08. The van der Waals surface area contributed by atoms with E-state index in [0.29, 0.717) is 24.0 Å². The summed E-state index contributed by atoms with van der Waals surface area (Å²) in [7, 11) is 0. The Labute approximate surface area is 125 Å². The van der Waals surface area contributed by atoms with E-state index in [0.717, 1.165) is 36.9 Å². The predicted molar refractivity (Wildman–Crippen MR) is 83.9 cm³/mol. The van der Waals surface area contributed by atoms with E-state index in [1.807, 2.05) is 13.8 Å². The van der Waals surface area contributed by atoms with Crippen molar-refractivity contribution in [2.75, 3.05) is 18.1 Å². The Kier molecular flexibility index (Phi) is 5.12. The molecule has 0 aliphatic heterocycles. The number of rotatable bonds is 7. The zero-order chi connectivity index (χ0) is 15.4. The number of amidine groups is 1. The van der Waals surface area contributed by atoms with Crippen LogP contribution in [0.4, 0.5) is 5.82 Å². The van der Waals surface area contributed by atoms with Crippen molar-refractivity contribution in [3.63, 3.8) is 0 Å². The third kappa shape index (κ3) is 3.00. The Bertz CT molecular complexity index is 513. The van der Waals surface area contributed by atoms with Gasteiger partial charge in [0, 0.05) is 12.6 Å². The molecule has 0 amide bonds. The van der Waals surface area contributed by atoms with Gasteiger partial charge < -0.3 is 15.7 Å². The number of nitrogens with one attached hydrogen (secondary N) is 1. The van der Waals surface area contributed by atoms with Crippen LogP contribution in [0.15, 0.2) is 0 Å². The summed E-state index contributed by atoms with van der Waals surface area (Å²) < 4.78 is 0. The Morgan fingerprint density at radius 2 is 2.05 bits per heavy atom. The summed E-state index contributed by atoms with van der Waals surface area (Å²) in [5, 5.41) is 26.0. The standard InChI is InChI=1S/C15H25N5O/c1-3-11-12(4-2)18-19-15(13(11)14(16)17)20(8-9-21)10-6-5-7-10/h10,21H,3-9H2,1-2H3,(H3,16,17). The van der Waals surface area contributed by atoms with Gasteiger partial charge in [-0.3, -0.25) is 5.41 Å². The highest BCUT2D eigenvalue weighted by atomic mass is 16.3. The van der Waals surface area contributed by atoms with Gasteiger partial charge in [0.25, 0.3) is 0 Å². The minimum atomic E-state index is 0.0358. The molecule has 0 aromatic carbocycles. The average molecular weight is 291 g/mol. The second kappa shape index (κ2) is 6.85. The maximum absolute atomic E-state index is 9.35. The van der Waals surface area contributed by atoms with Gasteiger partial charge in [-0.05, 0) is 37.7 Å². The number of aromatic nitrogens is 2. The second-order valence-electron chi connectivity index (χ2n) is 5.45. The molecule has 0 bridgehead atoms. The van der Waals surface area contributed by atoms with Crippen LogP contribution in [0.25, 0.3) is 0 Å². The first-order valence-corrected chi connectivity index (χ1v) is 7.74. The van der Waals surface area contributed by atoms with Gasteiger partial charge in [0.1, 0.15) is 5.84 Å². The number of nitrogens with zero attached hydrogens (tertiary/aromatic N) is 3. The highest BCUT2D eigenvalue weighted by Crippen LogP contribution is 2.31. The van der Waals surface area contributed by atoms with Crippen LogP contribution >= 0.6 is 0 Å². The number of anilines is 1. The lowest BCUT2D eigenvalue weighted by Crippen LogP contribution is -2.44. The average Bonchev–Trinajstić information content (AvgIpc) is 2.43. The van der Waals surface area contributed by atoms with E-state index in [9.17, 15) is 5.11 Å². The van der Waals surface area contributed by atoms with Crippen LogP contribution in [0.2, 0.25) is 0 Å². The Morgan fingerprint density at radius 3 is 2.48 bits per heavy atom. The summed E-state index contributed by atoms with van der Waals surface area (Å²) in [5.74, 6) is 0.698. The molecule has 0 radical (unpaired) electrons. The Hall–Kier alpha value is -1.69. The molecule has 6 nitrogen and oxygen atoms in total. The lowest BCUT2D eigenvalue weighted by atomic mass is 9.90. The SMILES string of the molecule is CCc1nnc(N(CCO)C2CCC2)c(C(=N)N)c1CC. The van der Waals surface area contributed by atoms with Crippen LogP contribution in [0.3, 0.4) is 0 Å². The molecule has 6 heteroatoms. The topological polar surface area (TPSA) is 99.1 Å². The predicted octanol–water partition coefficient (Wildman–Crippen LogP) is 1.24. The van der Waals surface area contributed by atoms with Crippen LogP contribution in [-0.4, -0.2) is 40.3 Å². The number of nitrogens with two attached hydrogens (primary N) is 1. The molecule has 0 saturated heterocycles. The van der Waals surface area contributed by atoms with Crippen LogP contribution in [0, 0.1) is 5.41 Å². The number of aliphatic hydroxyl groups is 1. The summed E-state index contributed by atoms with van der Waals surface area (Å²) in [6.07, 6.45) is 4.94. The van der Waals surface area contributed by atoms with E-state index < -0.39 is 0 Å². The van der Waals surface area contributed by atoms with E-state index >= 15 is 0 Å². The van der Waals surface area contributed by atoms with E-state index in [1.165, 1.54) is 6.42 Å². The first kappa shape index (κ1) is 15.7. The number of hydrogen-bond acceptors (Lipinski definition) is 5. The summed E-state index contributed by atoms with van der Waals surface area (Å²) in [6, 6.07) is 0.377. The van der Waals surface area contributed by atoms with Crippen LogP contribution in [0.1, 0.15) is 49.9 Å². The largest absolute Gasteiger partial charge is 0.395 e. The molecule has 21 heavy (non-hydrogen) atoms. The minimum Gasteiger partial charge on any atom is -0.395 e. The molecule has 1 saturated carbocycles. The third-order valence-corrected chi connectivity index (χ3v) is 4.23. The molecular weight excluding hydrogens is 266 g/mol. The second-order valence-corrected chi connectivity index (χ2v) is 5.45. The van der Waals surface area contributed by atoms with Crippen molar-refractivity contribution >= 4 is 11.7 Å². The normalized spacial score (nSPS) is 14.8. The van der Waals surface area contributed by atoms with E-state index in [4.69, 9.17) is 11.1 Å². The van der Waals surface area contributed by atoms with E-state index in [-0.39, 0.29) is 12.4 Å². The Morgan fingerprint density at radius 1 is 1.33 bits per heavy atom. The number of hydrogen-bond donors (Lipinski definition) is 3. The van der Waals surface area contributed by atoms with Crippen LogP contribution in [0.5, 0.6) is 0 Å². The van der Waals surface area contributed by atoms with Crippen molar-refractivity contribution in [1.82, 2.24) is 10.2 Å². The number of aryl methyl sites for hydroxylation is 1. The van der Waals surface area contributed by atoms with Gasteiger partial charge in [0.2, 0.25) is 0 Å². The highest BCUT2D eigenvalue weighted by Gasteiger charge is 2.29. The maximum atomic E-state index is 9.35. The van der Waals surface area contributed by atoms with Crippen LogP contribution in [-0.2, 0) is 12.8 Å². The zero-order valence-electron chi connectivity index (χ0n) is 12.9. The third-order valence-electron chi connectivity index (χ3n) is 4.23. The van der Waals surface area contributed by atoms with Crippen molar-refractivity contribution in [3.05, 3.63) is 16.8 Å². The lowest BCUT2D eigenvalue weighted by molar-refractivity contribution is 0.282. The summed E-state index contributed by atoms with van der Waals surface area (Å²) in [5.41, 5.74) is 8.45. The first-order chi connectivity index (χ1) is 10.1. The molecule has 116 valence electrons. The molecular formula is C15H25N5O. The molecule has 1 fully saturated rings. The monoisotopic (exact) mass is 291 g/mol. The zero-order valence-corrected chi connectivity index (χ0v) is 12.9. The van der Waals surface area contributed by atoms with E-state index in [2.05, 4.69) is 15.1 Å². The van der Waals surface area contributed by atoms with Gasteiger partial charge in [-0.15, -0.1) is 5.10 Å². The van der Waals surface area contributed by atoms with Gasteiger partial charge in [0.05, 0.1) is 17.9 Å². The van der Waals surface area contributed by atoms with E-state index in [1.54, 1.807) is 0 Å². The fourth-order valence-electron chi connectivity index (χ4n) is 2.91. The first-order valence-electron chi connectivity index (χ1n) is 7.74. The molecule has 2 rings (SSSR count). The maximum Gasteiger partial charge on any atom is 0.162 e. The molecule has 1 aliphatic rings. The van der Waals surface area contributed by atoms with Gasteiger partial charge in [-0.25, -0.2) is 0 Å². The van der Waals surface area contributed by atoms with Gasteiger partial charge >= 0.3 is 0 Å². The van der Waals surface area contributed by atoms with Gasteiger partial charge in [-0.1, -0.05) is 13.8 Å². The Balaban J connectivity index is 2.52. The molecule has 0 spiro atoms. The molecule has 1 aromatic rings. The number of nitrogen functional groups attached to an aromatic ring is 1. The molecule has 1 aliphatic carbocycles. The number of aliphatic hydroxyl groups excluding tert-OH is 1. The lowest BCUT2D eigenvalue weighted by Gasteiger charge is -2.39. The molecule has 4 N–H and O–H groups in total. The molecule has 1 aromatic heterocycles. The van der Waals surface area contributed by atoms with Gasteiger partial charge in [0.15, 0.2) is 5.82 Å². The smallest absolute Gasteiger partial charge is 0.162 e. The van der Waals surface area contributed by atoms with Gasteiger partial charge in [-0.2, -0.15) is 5.10 Å².